The van der Waals surface area contributed by atoms with Crippen LogP contribution in [0.5, 0.6) is 11.5 Å². The van der Waals surface area contributed by atoms with Crippen molar-refractivity contribution in [2.45, 2.75) is 6.10 Å². The monoisotopic (exact) mass is 568 g/mol. The van der Waals surface area contributed by atoms with Crippen molar-refractivity contribution in [3.8, 4) is 11.5 Å². The minimum absolute atomic E-state index is 0.0193. The van der Waals surface area contributed by atoms with E-state index in [2.05, 4.69) is 10.6 Å². The summed E-state index contributed by atoms with van der Waals surface area (Å²) in [6.07, 6.45) is -0.0346. The smallest absolute Gasteiger partial charge is 0.341 e. The summed E-state index contributed by atoms with van der Waals surface area (Å²) < 4.78 is 21.5. The predicted molar refractivity (Wildman–Crippen MR) is 146 cm³/mol. The van der Waals surface area contributed by atoms with Crippen LogP contribution in [0.2, 0.25) is 10.0 Å². The Morgan fingerprint density at radius 1 is 0.821 bits per heavy atom. The average Bonchev–Trinajstić information content (AvgIpc) is 3.46. The number of ether oxygens (including phenoxy) is 3. The number of amides is 2. The van der Waals surface area contributed by atoms with Crippen molar-refractivity contribution in [1.29, 1.82) is 0 Å². The van der Waals surface area contributed by atoms with Crippen molar-refractivity contribution in [3.63, 3.8) is 0 Å². The Kier molecular flexibility index (Phi) is 8.75. The fourth-order valence-electron chi connectivity index (χ4n) is 3.65. The number of halogens is 2. The number of furan rings is 1. The van der Waals surface area contributed by atoms with E-state index in [9.17, 15) is 14.4 Å². The number of hydrogen-bond donors (Lipinski definition) is 2. The van der Waals surface area contributed by atoms with Gasteiger partial charge in [-0.15, -0.1) is 0 Å². The van der Waals surface area contributed by atoms with Crippen molar-refractivity contribution in [1.82, 2.24) is 0 Å². The van der Waals surface area contributed by atoms with E-state index in [-0.39, 0.29) is 28.5 Å². The Balaban J connectivity index is 1.68. The van der Waals surface area contributed by atoms with Crippen LogP contribution in [0.15, 0.2) is 83.5 Å². The maximum absolute atomic E-state index is 13.5. The lowest BCUT2D eigenvalue weighted by molar-refractivity contribution is -0.125. The first-order chi connectivity index (χ1) is 18.8. The van der Waals surface area contributed by atoms with Crippen LogP contribution in [0.25, 0.3) is 0 Å². The van der Waals surface area contributed by atoms with E-state index in [0.717, 1.165) is 0 Å². The van der Waals surface area contributed by atoms with E-state index in [1.54, 1.807) is 36.4 Å². The Labute approximate surface area is 233 Å². The summed E-state index contributed by atoms with van der Waals surface area (Å²) in [6, 6.07) is 18.7. The third-order valence-electron chi connectivity index (χ3n) is 5.43. The zero-order valence-corrected chi connectivity index (χ0v) is 22.2. The molecular weight excluding hydrogens is 547 g/mol. The van der Waals surface area contributed by atoms with Crippen LogP contribution >= 0.6 is 23.2 Å². The maximum Gasteiger partial charge on any atom is 0.341 e. The molecule has 0 bridgehead atoms. The summed E-state index contributed by atoms with van der Waals surface area (Å²) in [7, 11) is 2.80. The minimum atomic E-state index is -1.38. The molecule has 1 atom stereocenters. The van der Waals surface area contributed by atoms with E-state index < -0.39 is 23.9 Å². The second kappa shape index (κ2) is 12.4. The van der Waals surface area contributed by atoms with E-state index in [4.69, 9.17) is 41.8 Å². The highest BCUT2D eigenvalue weighted by atomic mass is 35.5. The fraction of sp³-hybridized carbons (Fsp3) is 0.107. The second-order valence-electron chi connectivity index (χ2n) is 8.03. The predicted octanol–water partition coefficient (Wildman–Crippen LogP) is 6.39. The zero-order valence-electron chi connectivity index (χ0n) is 20.7. The largest absolute Gasteiger partial charge is 0.493 e. The van der Waals surface area contributed by atoms with E-state index in [1.807, 2.05) is 0 Å². The molecule has 9 nitrogen and oxygen atoms in total. The molecule has 4 rings (SSSR count). The van der Waals surface area contributed by atoms with Gasteiger partial charge >= 0.3 is 5.97 Å². The molecule has 1 aromatic heterocycles. The molecule has 0 saturated heterocycles. The number of hydrogen-bond acceptors (Lipinski definition) is 7. The molecule has 0 aliphatic heterocycles. The fourth-order valence-corrected chi connectivity index (χ4v) is 4.17. The standard InChI is InChI=1S/C28H22Cl2N2O7/c1-36-23-14-20(21(15-24(23)37-2)32-26(33)22-9-6-10-38-22)28(35)39-25(16-7-4-3-5-8-16)27(34)31-19-12-17(29)11-18(30)13-19/h3-15,25H,1-2H3,(H,31,34)(H,32,33). The normalized spacial score (nSPS) is 11.3. The first-order valence-electron chi connectivity index (χ1n) is 11.4. The lowest BCUT2D eigenvalue weighted by Gasteiger charge is -2.20. The molecule has 0 radical (unpaired) electrons. The van der Waals surface area contributed by atoms with Gasteiger partial charge in [-0.25, -0.2) is 4.79 Å². The van der Waals surface area contributed by atoms with Crippen LogP contribution in [-0.2, 0) is 9.53 Å². The molecule has 3 aromatic carbocycles. The second-order valence-corrected chi connectivity index (χ2v) is 8.90. The Bertz CT molecular complexity index is 1470. The summed E-state index contributed by atoms with van der Waals surface area (Å²) in [5.74, 6) is -1.72. The first kappa shape index (κ1) is 27.6. The highest BCUT2D eigenvalue weighted by Gasteiger charge is 2.29. The van der Waals surface area contributed by atoms with Gasteiger partial charge in [0.05, 0.1) is 31.7 Å². The van der Waals surface area contributed by atoms with Gasteiger partial charge in [-0.2, -0.15) is 0 Å². The van der Waals surface area contributed by atoms with Crippen molar-refractivity contribution >= 4 is 52.4 Å². The molecule has 1 unspecified atom stereocenters. The lowest BCUT2D eigenvalue weighted by atomic mass is 10.1. The molecule has 0 saturated carbocycles. The van der Waals surface area contributed by atoms with Crippen LogP contribution in [0, 0.1) is 0 Å². The number of rotatable bonds is 9. The first-order valence-corrected chi connectivity index (χ1v) is 12.2. The number of carbonyl (C=O) groups excluding carboxylic acids is 3. The summed E-state index contributed by atoms with van der Waals surface area (Å²) in [5, 5.41) is 5.92. The van der Waals surface area contributed by atoms with Crippen molar-refractivity contribution in [2.24, 2.45) is 0 Å². The summed E-state index contributed by atoms with van der Waals surface area (Å²) in [4.78, 5) is 39.6. The van der Waals surface area contributed by atoms with Gasteiger partial charge < -0.3 is 29.3 Å². The molecule has 2 amide bonds. The Morgan fingerprint density at radius 3 is 2.10 bits per heavy atom. The van der Waals surface area contributed by atoms with Gasteiger partial charge in [-0.3, -0.25) is 9.59 Å². The molecule has 0 aliphatic carbocycles. The average molecular weight is 569 g/mol. The number of esters is 1. The molecule has 0 fully saturated rings. The minimum Gasteiger partial charge on any atom is -0.493 e. The Morgan fingerprint density at radius 2 is 1.49 bits per heavy atom. The summed E-state index contributed by atoms with van der Waals surface area (Å²) >= 11 is 12.1. The third-order valence-corrected chi connectivity index (χ3v) is 5.87. The summed E-state index contributed by atoms with van der Waals surface area (Å²) in [6.45, 7) is 0. The number of nitrogens with one attached hydrogen (secondary N) is 2. The molecule has 200 valence electrons. The van der Waals surface area contributed by atoms with Crippen molar-refractivity contribution in [3.05, 3.63) is 106 Å². The molecule has 2 N–H and O–H groups in total. The van der Waals surface area contributed by atoms with Crippen LogP contribution < -0.4 is 20.1 Å². The van der Waals surface area contributed by atoms with Gasteiger partial charge in [0.1, 0.15) is 0 Å². The Hall–Kier alpha value is -4.47. The number of benzene rings is 3. The van der Waals surface area contributed by atoms with E-state index in [0.29, 0.717) is 21.3 Å². The van der Waals surface area contributed by atoms with Crippen LogP contribution in [0.4, 0.5) is 11.4 Å². The third kappa shape index (κ3) is 6.70. The van der Waals surface area contributed by atoms with Crippen LogP contribution in [0.3, 0.4) is 0 Å². The van der Waals surface area contributed by atoms with Gasteiger partial charge in [0, 0.05) is 33.4 Å². The SMILES string of the molecule is COc1cc(NC(=O)c2ccco2)c(C(=O)OC(C(=O)Nc2cc(Cl)cc(Cl)c2)c2ccccc2)cc1OC. The van der Waals surface area contributed by atoms with Gasteiger partial charge in [-0.05, 0) is 30.3 Å². The lowest BCUT2D eigenvalue weighted by Crippen LogP contribution is -2.26. The quantitative estimate of drug-likeness (QED) is 0.224. The molecular formula is C28H22Cl2N2O7. The van der Waals surface area contributed by atoms with Crippen LogP contribution in [0.1, 0.15) is 32.6 Å². The van der Waals surface area contributed by atoms with Gasteiger partial charge in [-0.1, -0.05) is 53.5 Å². The number of anilines is 2. The van der Waals surface area contributed by atoms with Crippen LogP contribution in [-0.4, -0.2) is 32.0 Å². The molecule has 1 heterocycles. The van der Waals surface area contributed by atoms with Gasteiger partial charge in [0.15, 0.2) is 17.3 Å². The molecule has 4 aromatic rings. The van der Waals surface area contributed by atoms with E-state index >= 15 is 0 Å². The molecule has 0 aliphatic rings. The molecule has 0 spiro atoms. The number of carbonyl (C=O) groups is 3. The van der Waals surface area contributed by atoms with Crippen molar-refractivity contribution in [2.75, 3.05) is 24.9 Å². The van der Waals surface area contributed by atoms with E-state index in [1.165, 1.54) is 56.9 Å². The summed E-state index contributed by atoms with van der Waals surface area (Å²) in [5.41, 5.74) is 0.671. The maximum atomic E-state index is 13.5. The van der Waals surface area contributed by atoms with Gasteiger partial charge in [0.25, 0.3) is 11.8 Å². The van der Waals surface area contributed by atoms with Crippen molar-refractivity contribution < 1.29 is 33.0 Å². The zero-order chi connectivity index (χ0) is 27.9. The topological polar surface area (TPSA) is 116 Å². The molecule has 39 heavy (non-hydrogen) atoms. The highest BCUT2D eigenvalue weighted by molar-refractivity contribution is 6.35. The number of methoxy groups -OCH3 is 2. The highest BCUT2D eigenvalue weighted by Crippen LogP contribution is 2.35. The molecule has 11 heteroatoms. The van der Waals surface area contributed by atoms with Gasteiger partial charge in [0.2, 0.25) is 6.10 Å².